The van der Waals surface area contributed by atoms with Gasteiger partial charge in [0.05, 0.1) is 11.3 Å². The van der Waals surface area contributed by atoms with E-state index in [9.17, 15) is 18.0 Å². The Labute approximate surface area is 175 Å². The van der Waals surface area contributed by atoms with Gasteiger partial charge in [0.2, 0.25) is 5.91 Å². The molecule has 3 aromatic rings. The summed E-state index contributed by atoms with van der Waals surface area (Å²) < 4.78 is 39.4. The van der Waals surface area contributed by atoms with Crippen LogP contribution < -0.4 is 4.90 Å². The lowest BCUT2D eigenvalue weighted by molar-refractivity contribution is -0.137. The average Bonchev–Trinajstić information content (AvgIpc) is 3.09. The van der Waals surface area contributed by atoms with Gasteiger partial charge in [0.1, 0.15) is 5.37 Å². The highest BCUT2D eigenvalue weighted by atomic mass is 35.5. The molecule has 1 aliphatic heterocycles. The van der Waals surface area contributed by atoms with Gasteiger partial charge in [-0.25, -0.2) is 0 Å². The van der Waals surface area contributed by atoms with E-state index in [0.717, 1.165) is 23.3 Å². The number of amides is 1. The van der Waals surface area contributed by atoms with E-state index in [1.165, 1.54) is 17.8 Å². The Morgan fingerprint density at radius 2 is 1.66 bits per heavy atom. The van der Waals surface area contributed by atoms with E-state index in [-0.39, 0.29) is 11.7 Å². The lowest BCUT2D eigenvalue weighted by Crippen LogP contribution is -2.28. The number of carbonyl (C=O) groups excluding carboxylic acids is 1. The zero-order valence-corrected chi connectivity index (χ0v) is 16.6. The van der Waals surface area contributed by atoms with Crippen molar-refractivity contribution in [2.75, 3.05) is 10.7 Å². The quantitative estimate of drug-likeness (QED) is 0.452. The molecule has 3 aromatic carbocycles. The molecule has 0 saturated carbocycles. The number of alkyl halides is 3. The van der Waals surface area contributed by atoms with Crippen LogP contribution in [0.5, 0.6) is 0 Å². The van der Waals surface area contributed by atoms with Gasteiger partial charge in [-0.2, -0.15) is 13.2 Å². The summed E-state index contributed by atoms with van der Waals surface area (Å²) in [5.41, 5.74) is 2.21. The van der Waals surface area contributed by atoms with Crippen LogP contribution in [0.4, 0.5) is 18.9 Å². The van der Waals surface area contributed by atoms with Gasteiger partial charge in [-0.3, -0.25) is 9.69 Å². The summed E-state index contributed by atoms with van der Waals surface area (Å²) in [5, 5.41) is 0.117. The van der Waals surface area contributed by atoms with E-state index in [1.54, 1.807) is 29.2 Å². The molecule has 1 saturated heterocycles. The van der Waals surface area contributed by atoms with Crippen molar-refractivity contribution in [3.63, 3.8) is 0 Å². The third-order valence-corrected chi connectivity index (χ3v) is 6.13. The van der Waals surface area contributed by atoms with Crippen LogP contribution in [-0.4, -0.2) is 11.7 Å². The van der Waals surface area contributed by atoms with E-state index in [1.807, 2.05) is 30.3 Å². The van der Waals surface area contributed by atoms with Gasteiger partial charge in [-0.05, 0) is 53.1 Å². The smallest absolute Gasteiger partial charge is 0.295 e. The Kier molecular flexibility index (Phi) is 5.32. The monoisotopic (exact) mass is 433 g/mol. The Bertz CT molecular complexity index is 1050. The third-order valence-electron chi connectivity index (χ3n) is 4.67. The Hall–Kier alpha value is -2.44. The van der Waals surface area contributed by atoms with Crippen molar-refractivity contribution in [3.8, 4) is 11.1 Å². The predicted octanol–water partition coefficient (Wildman–Crippen LogP) is 6.80. The van der Waals surface area contributed by atoms with Crippen molar-refractivity contribution in [1.82, 2.24) is 0 Å². The average molecular weight is 434 g/mol. The highest BCUT2D eigenvalue weighted by Gasteiger charge is 2.36. The summed E-state index contributed by atoms with van der Waals surface area (Å²) in [7, 11) is 0. The van der Waals surface area contributed by atoms with E-state index in [2.05, 4.69) is 0 Å². The number of thioether (sulfide) groups is 1. The minimum absolute atomic E-state index is 0.134. The van der Waals surface area contributed by atoms with Crippen LogP contribution in [0.15, 0.2) is 72.8 Å². The SMILES string of the molecule is O=C1CSC(c2cccc(C(F)(F)F)c2)N1c1cccc(-c2ccc(Cl)cc2)c1. The van der Waals surface area contributed by atoms with Crippen LogP contribution >= 0.6 is 23.4 Å². The number of nitrogens with zero attached hydrogens (tertiary/aromatic N) is 1. The molecule has 29 heavy (non-hydrogen) atoms. The third kappa shape index (κ3) is 4.14. The molecule has 2 nitrogen and oxygen atoms in total. The predicted molar refractivity (Wildman–Crippen MR) is 111 cm³/mol. The number of halogens is 4. The Morgan fingerprint density at radius 1 is 0.931 bits per heavy atom. The zero-order chi connectivity index (χ0) is 20.6. The second-order valence-corrected chi connectivity index (χ2v) is 8.11. The topological polar surface area (TPSA) is 20.3 Å². The molecule has 0 radical (unpaired) electrons. The fraction of sp³-hybridized carbons (Fsp3) is 0.136. The van der Waals surface area contributed by atoms with Crippen LogP contribution in [0.1, 0.15) is 16.5 Å². The van der Waals surface area contributed by atoms with Crippen molar-refractivity contribution in [1.29, 1.82) is 0 Å². The van der Waals surface area contributed by atoms with E-state index < -0.39 is 17.1 Å². The summed E-state index contributed by atoms with van der Waals surface area (Å²) in [4.78, 5) is 14.2. The van der Waals surface area contributed by atoms with Gasteiger partial charge in [0.15, 0.2) is 0 Å². The first-order chi connectivity index (χ1) is 13.8. The van der Waals surface area contributed by atoms with E-state index >= 15 is 0 Å². The van der Waals surface area contributed by atoms with Crippen molar-refractivity contribution in [2.24, 2.45) is 0 Å². The molecule has 0 bridgehead atoms. The molecule has 7 heteroatoms. The van der Waals surface area contributed by atoms with Crippen LogP contribution in [0.2, 0.25) is 5.02 Å². The Morgan fingerprint density at radius 3 is 2.38 bits per heavy atom. The molecule has 1 heterocycles. The number of hydrogen-bond acceptors (Lipinski definition) is 2. The molecule has 0 aromatic heterocycles. The molecule has 1 amide bonds. The van der Waals surface area contributed by atoms with Crippen molar-refractivity contribution in [3.05, 3.63) is 88.9 Å². The molecule has 0 aliphatic carbocycles. The van der Waals surface area contributed by atoms with Gasteiger partial charge in [-0.15, -0.1) is 11.8 Å². The molecular formula is C22H15ClF3NOS. The lowest BCUT2D eigenvalue weighted by Gasteiger charge is -2.25. The minimum Gasteiger partial charge on any atom is -0.295 e. The molecular weight excluding hydrogens is 419 g/mol. The van der Waals surface area contributed by atoms with Crippen LogP contribution in [0.3, 0.4) is 0 Å². The number of rotatable bonds is 3. The van der Waals surface area contributed by atoms with E-state index in [4.69, 9.17) is 11.6 Å². The fourth-order valence-corrected chi connectivity index (χ4v) is 4.59. The molecule has 1 aliphatic rings. The maximum atomic E-state index is 13.1. The van der Waals surface area contributed by atoms with Crippen molar-refractivity contribution >= 4 is 35.0 Å². The summed E-state index contributed by atoms with van der Waals surface area (Å²) >= 11 is 7.27. The van der Waals surface area contributed by atoms with Crippen LogP contribution in [0.25, 0.3) is 11.1 Å². The van der Waals surface area contributed by atoms with Gasteiger partial charge in [-0.1, -0.05) is 48.0 Å². The first-order valence-corrected chi connectivity index (χ1v) is 10.2. The minimum atomic E-state index is -4.43. The fourth-order valence-electron chi connectivity index (χ4n) is 3.30. The highest BCUT2D eigenvalue weighted by molar-refractivity contribution is 8.00. The van der Waals surface area contributed by atoms with Crippen LogP contribution in [-0.2, 0) is 11.0 Å². The van der Waals surface area contributed by atoms with Gasteiger partial charge < -0.3 is 0 Å². The number of carbonyl (C=O) groups is 1. The highest BCUT2D eigenvalue weighted by Crippen LogP contribution is 2.43. The summed E-state index contributed by atoms with van der Waals surface area (Å²) in [6.07, 6.45) is -4.43. The second-order valence-electron chi connectivity index (χ2n) is 6.61. The van der Waals surface area contributed by atoms with Gasteiger partial charge >= 0.3 is 6.18 Å². The molecule has 1 fully saturated rings. The number of anilines is 1. The maximum Gasteiger partial charge on any atom is 0.416 e. The van der Waals surface area contributed by atoms with Gasteiger partial charge in [0, 0.05) is 10.7 Å². The number of benzene rings is 3. The molecule has 0 spiro atoms. The Balaban J connectivity index is 1.71. The molecule has 148 valence electrons. The lowest BCUT2D eigenvalue weighted by atomic mass is 10.0. The standard InChI is InChI=1S/C22H15ClF3NOS/c23-18-9-7-14(8-10-18)15-3-2-6-19(12-15)27-20(28)13-29-21(27)16-4-1-5-17(11-16)22(24,25)26/h1-12,21H,13H2. The van der Waals surface area contributed by atoms with Gasteiger partial charge in [0.25, 0.3) is 0 Å². The zero-order valence-electron chi connectivity index (χ0n) is 15.0. The molecule has 0 N–H and O–H groups in total. The summed E-state index contributed by atoms with van der Waals surface area (Å²) in [6, 6.07) is 19.9. The molecule has 1 atom stereocenters. The summed E-state index contributed by atoms with van der Waals surface area (Å²) in [5.74, 6) is 0.0807. The normalized spacial score (nSPS) is 17.0. The maximum absolute atomic E-state index is 13.1. The molecule has 1 unspecified atom stereocenters. The second kappa shape index (κ2) is 7.76. The number of hydrogen-bond donors (Lipinski definition) is 0. The van der Waals surface area contributed by atoms with E-state index in [0.29, 0.717) is 16.3 Å². The van der Waals surface area contributed by atoms with Crippen molar-refractivity contribution < 1.29 is 18.0 Å². The first kappa shape index (κ1) is 19.9. The van der Waals surface area contributed by atoms with Crippen LogP contribution in [0, 0.1) is 0 Å². The largest absolute Gasteiger partial charge is 0.416 e. The summed E-state index contributed by atoms with van der Waals surface area (Å²) in [6.45, 7) is 0. The molecule has 4 rings (SSSR count). The van der Waals surface area contributed by atoms with Crippen molar-refractivity contribution in [2.45, 2.75) is 11.6 Å². The first-order valence-electron chi connectivity index (χ1n) is 8.80.